The highest BCUT2D eigenvalue weighted by molar-refractivity contribution is 4.74. The van der Waals surface area contributed by atoms with Crippen molar-refractivity contribution in [3.8, 4) is 0 Å². The fraction of sp³-hybridized carbons (Fsp3) is 1.00. The van der Waals surface area contributed by atoms with Gasteiger partial charge >= 0.3 is 0 Å². The minimum absolute atomic E-state index is 0.715. The first kappa shape index (κ1) is 15.9. The fourth-order valence-corrected chi connectivity index (χ4v) is 2.48. The second-order valence-electron chi connectivity index (χ2n) is 6.28. The van der Waals surface area contributed by atoms with Crippen LogP contribution in [0.1, 0.15) is 40.5 Å². The lowest BCUT2D eigenvalue weighted by Crippen LogP contribution is -2.48. The highest BCUT2D eigenvalue weighted by Crippen LogP contribution is 2.06. The summed E-state index contributed by atoms with van der Waals surface area (Å²) >= 11 is 0. The SMILES string of the molecule is CC(C)CNCCCCN1CCN(C(C)C)CC1. The predicted molar refractivity (Wildman–Crippen MR) is 80.1 cm³/mol. The molecule has 0 bridgehead atoms. The molecule has 1 aliphatic rings. The highest BCUT2D eigenvalue weighted by atomic mass is 15.3. The van der Waals surface area contributed by atoms with Gasteiger partial charge in [0.25, 0.3) is 0 Å². The number of rotatable bonds is 8. The van der Waals surface area contributed by atoms with Crippen LogP contribution in [0.25, 0.3) is 0 Å². The summed E-state index contributed by atoms with van der Waals surface area (Å²) in [7, 11) is 0. The van der Waals surface area contributed by atoms with Crippen molar-refractivity contribution in [2.24, 2.45) is 5.92 Å². The Morgan fingerprint density at radius 2 is 1.61 bits per heavy atom. The molecule has 0 aromatic rings. The lowest BCUT2D eigenvalue weighted by Gasteiger charge is -2.36. The van der Waals surface area contributed by atoms with Gasteiger partial charge in [0.15, 0.2) is 0 Å². The van der Waals surface area contributed by atoms with Crippen LogP contribution in [0.15, 0.2) is 0 Å². The van der Waals surface area contributed by atoms with Gasteiger partial charge in [0.05, 0.1) is 0 Å². The molecule has 0 aliphatic carbocycles. The molecular weight excluding hydrogens is 222 g/mol. The quantitative estimate of drug-likeness (QED) is 0.670. The summed E-state index contributed by atoms with van der Waals surface area (Å²) in [6.45, 7) is 17.8. The van der Waals surface area contributed by atoms with Gasteiger partial charge in [-0.3, -0.25) is 4.90 Å². The van der Waals surface area contributed by atoms with Crippen LogP contribution in [-0.2, 0) is 0 Å². The summed E-state index contributed by atoms with van der Waals surface area (Å²) in [6.07, 6.45) is 2.66. The van der Waals surface area contributed by atoms with Crippen LogP contribution < -0.4 is 5.32 Å². The highest BCUT2D eigenvalue weighted by Gasteiger charge is 2.17. The number of piperazine rings is 1. The number of unbranched alkanes of at least 4 members (excludes halogenated alkanes) is 1. The van der Waals surface area contributed by atoms with Gasteiger partial charge in [0.1, 0.15) is 0 Å². The summed E-state index contributed by atoms with van der Waals surface area (Å²) in [5.74, 6) is 0.772. The summed E-state index contributed by atoms with van der Waals surface area (Å²) in [5.41, 5.74) is 0. The standard InChI is InChI=1S/C15H33N3/c1-14(2)13-16-7-5-6-8-17-9-11-18(12-10-17)15(3)4/h14-16H,5-13H2,1-4H3. The largest absolute Gasteiger partial charge is 0.316 e. The first-order chi connectivity index (χ1) is 8.59. The van der Waals surface area contributed by atoms with Crippen molar-refractivity contribution >= 4 is 0 Å². The molecule has 0 saturated carbocycles. The first-order valence-corrected chi connectivity index (χ1v) is 7.76. The van der Waals surface area contributed by atoms with Crippen LogP contribution in [0.5, 0.6) is 0 Å². The van der Waals surface area contributed by atoms with E-state index in [0.29, 0.717) is 6.04 Å². The maximum Gasteiger partial charge on any atom is 0.0113 e. The average Bonchev–Trinajstić information content (AvgIpc) is 2.34. The lowest BCUT2D eigenvalue weighted by atomic mass is 10.2. The van der Waals surface area contributed by atoms with Gasteiger partial charge in [-0.2, -0.15) is 0 Å². The predicted octanol–water partition coefficient (Wildman–Crippen LogP) is 2.04. The summed E-state index contributed by atoms with van der Waals surface area (Å²) in [4.78, 5) is 5.21. The number of hydrogen-bond acceptors (Lipinski definition) is 3. The molecule has 1 saturated heterocycles. The van der Waals surface area contributed by atoms with E-state index in [1.807, 2.05) is 0 Å². The zero-order valence-electron chi connectivity index (χ0n) is 12.9. The third-order valence-corrected chi connectivity index (χ3v) is 3.77. The Kier molecular flexibility index (Phi) is 7.87. The second-order valence-corrected chi connectivity index (χ2v) is 6.28. The normalized spacial score (nSPS) is 19.0. The van der Waals surface area contributed by atoms with Gasteiger partial charge in [-0.05, 0) is 52.2 Å². The van der Waals surface area contributed by atoms with Gasteiger partial charge in [-0.15, -0.1) is 0 Å². The Morgan fingerprint density at radius 3 is 2.17 bits per heavy atom. The van der Waals surface area contributed by atoms with E-state index in [-0.39, 0.29) is 0 Å². The Labute approximate surface area is 114 Å². The van der Waals surface area contributed by atoms with Gasteiger partial charge in [0.2, 0.25) is 0 Å². The molecule has 3 heteroatoms. The van der Waals surface area contributed by atoms with Crippen molar-refractivity contribution in [3.63, 3.8) is 0 Å². The van der Waals surface area contributed by atoms with Crippen molar-refractivity contribution in [3.05, 3.63) is 0 Å². The van der Waals surface area contributed by atoms with Crippen LogP contribution in [-0.4, -0.2) is 61.7 Å². The Bertz CT molecular complexity index is 196. The summed E-state index contributed by atoms with van der Waals surface area (Å²) in [6, 6.07) is 0.715. The topological polar surface area (TPSA) is 18.5 Å². The average molecular weight is 255 g/mol. The Hall–Kier alpha value is -0.120. The lowest BCUT2D eigenvalue weighted by molar-refractivity contribution is 0.107. The van der Waals surface area contributed by atoms with E-state index in [9.17, 15) is 0 Å². The molecule has 1 fully saturated rings. The van der Waals surface area contributed by atoms with E-state index in [2.05, 4.69) is 42.8 Å². The second kappa shape index (κ2) is 8.89. The van der Waals surface area contributed by atoms with Gasteiger partial charge < -0.3 is 10.2 Å². The van der Waals surface area contributed by atoms with Gasteiger partial charge in [0, 0.05) is 32.2 Å². The fourth-order valence-electron chi connectivity index (χ4n) is 2.48. The van der Waals surface area contributed by atoms with E-state index in [4.69, 9.17) is 0 Å². The maximum atomic E-state index is 3.52. The molecular formula is C15H33N3. The van der Waals surface area contributed by atoms with E-state index in [0.717, 1.165) is 12.5 Å². The summed E-state index contributed by atoms with van der Waals surface area (Å²) < 4.78 is 0. The number of nitrogens with one attached hydrogen (secondary N) is 1. The molecule has 0 spiro atoms. The van der Waals surface area contributed by atoms with Gasteiger partial charge in [-0.25, -0.2) is 0 Å². The molecule has 0 unspecified atom stereocenters. The first-order valence-electron chi connectivity index (χ1n) is 7.76. The molecule has 108 valence electrons. The van der Waals surface area contributed by atoms with Crippen molar-refractivity contribution in [1.82, 2.24) is 15.1 Å². The van der Waals surface area contributed by atoms with Crippen molar-refractivity contribution in [2.75, 3.05) is 45.8 Å². The Morgan fingerprint density at radius 1 is 0.944 bits per heavy atom. The molecule has 0 atom stereocenters. The van der Waals surface area contributed by atoms with Crippen LogP contribution in [0.4, 0.5) is 0 Å². The zero-order chi connectivity index (χ0) is 13.4. The molecule has 1 heterocycles. The van der Waals surface area contributed by atoms with E-state index in [1.165, 1.54) is 52.1 Å². The van der Waals surface area contributed by atoms with Crippen LogP contribution in [0, 0.1) is 5.92 Å². The third kappa shape index (κ3) is 6.72. The van der Waals surface area contributed by atoms with Crippen molar-refractivity contribution in [2.45, 2.75) is 46.6 Å². The molecule has 18 heavy (non-hydrogen) atoms. The molecule has 1 rings (SSSR count). The molecule has 0 amide bonds. The Balaban J connectivity index is 1.95. The molecule has 0 radical (unpaired) electrons. The molecule has 0 aromatic carbocycles. The van der Waals surface area contributed by atoms with E-state index in [1.54, 1.807) is 0 Å². The van der Waals surface area contributed by atoms with Crippen LogP contribution in [0.2, 0.25) is 0 Å². The zero-order valence-corrected chi connectivity index (χ0v) is 12.9. The minimum atomic E-state index is 0.715. The minimum Gasteiger partial charge on any atom is -0.316 e. The molecule has 1 aliphatic heterocycles. The van der Waals surface area contributed by atoms with Crippen LogP contribution in [0.3, 0.4) is 0 Å². The monoisotopic (exact) mass is 255 g/mol. The maximum absolute atomic E-state index is 3.52. The van der Waals surface area contributed by atoms with Crippen molar-refractivity contribution < 1.29 is 0 Å². The molecule has 0 aromatic heterocycles. The van der Waals surface area contributed by atoms with Gasteiger partial charge in [-0.1, -0.05) is 13.8 Å². The van der Waals surface area contributed by atoms with Crippen molar-refractivity contribution in [1.29, 1.82) is 0 Å². The number of nitrogens with zero attached hydrogens (tertiary/aromatic N) is 2. The summed E-state index contributed by atoms with van der Waals surface area (Å²) in [5, 5.41) is 3.52. The molecule has 3 nitrogen and oxygen atoms in total. The van der Waals surface area contributed by atoms with E-state index < -0.39 is 0 Å². The third-order valence-electron chi connectivity index (χ3n) is 3.77. The number of hydrogen-bond donors (Lipinski definition) is 1. The molecule has 1 N–H and O–H groups in total. The van der Waals surface area contributed by atoms with Crippen LogP contribution >= 0.6 is 0 Å². The van der Waals surface area contributed by atoms with E-state index >= 15 is 0 Å². The smallest absolute Gasteiger partial charge is 0.0113 e.